The van der Waals surface area contributed by atoms with E-state index in [4.69, 9.17) is 23.8 Å². The molecule has 5 rings (SSSR count). The highest BCUT2D eigenvalue weighted by molar-refractivity contribution is 7.80. The molecule has 3 heterocycles. The van der Waals surface area contributed by atoms with Crippen LogP contribution in [0.1, 0.15) is 46.7 Å². The number of carbonyl (C=O) groups is 1. The van der Waals surface area contributed by atoms with Crippen molar-refractivity contribution in [3.05, 3.63) is 112 Å². The Labute approximate surface area is 233 Å². The van der Waals surface area contributed by atoms with Gasteiger partial charge in [-0.3, -0.25) is 9.78 Å². The first kappa shape index (κ1) is 25.9. The van der Waals surface area contributed by atoms with E-state index in [1.165, 1.54) is 0 Å². The predicted octanol–water partition coefficient (Wildman–Crippen LogP) is 6.45. The number of nitrogens with one attached hydrogen (secondary N) is 2. The lowest BCUT2D eigenvalue weighted by atomic mass is 9.96. The maximum Gasteiger partial charge on any atom is 0.226 e. The molecule has 0 spiro atoms. The van der Waals surface area contributed by atoms with Crippen LogP contribution in [0.4, 0.5) is 5.69 Å². The van der Waals surface area contributed by atoms with E-state index in [-0.39, 0.29) is 18.0 Å². The molecule has 4 aromatic rings. The molecule has 0 unspecified atom stereocenters. The van der Waals surface area contributed by atoms with E-state index in [1.54, 1.807) is 6.20 Å². The molecular formula is C30H30ClN5OS. The molecule has 2 N–H and O–H groups in total. The number of carbonyl (C=O) groups excluding carboxylic acids is 1. The van der Waals surface area contributed by atoms with Gasteiger partial charge in [0, 0.05) is 46.9 Å². The van der Waals surface area contributed by atoms with E-state index < -0.39 is 0 Å². The lowest BCUT2D eigenvalue weighted by molar-refractivity contribution is -0.116. The minimum atomic E-state index is -0.156. The summed E-state index contributed by atoms with van der Waals surface area (Å²) in [4.78, 5) is 19.7. The van der Waals surface area contributed by atoms with Gasteiger partial charge >= 0.3 is 0 Å². The Morgan fingerprint density at radius 3 is 2.58 bits per heavy atom. The van der Waals surface area contributed by atoms with Crippen LogP contribution in [-0.4, -0.2) is 32.0 Å². The summed E-state index contributed by atoms with van der Waals surface area (Å²) in [5.41, 5.74) is 7.08. The van der Waals surface area contributed by atoms with Crippen LogP contribution in [0.2, 0.25) is 5.02 Å². The zero-order valence-corrected chi connectivity index (χ0v) is 23.2. The minimum absolute atomic E-state index is 0.0495. The average molecular weight is 544 g/mol. The predicted molar refractivity (Wildman–Crippen MR) is 157 cm³/mol. The number of hydrogen-bond donors (Lipinski definition) is 2. The van der Waals surface area contributed by atoms with Crippen LogP contribution in [0.3, 0.4) is 0 Å². The van der Waals surface area contributed by atoms with Gasteiger partial charge < -0.3 is 20.1 Å². The van der Waals surface area contributed by atoms with Crippen molar-refractivity contribution in [3.63, 3.8) is 0 Å². The fourth-order valence-corrected chi connectivity index (χ4v) is 5.75. The summed E-state index contributed by atoms with van der Waals surface area (Å²) in [6, 6.07) is 23.4. The number of aromatic nitrogens is 2. The summed E-state index contributed by atoms with van der Waals surface area (Å²) in [7, 11) is 0. The Bertz CT molecular complexity index is 1490. The van der Waals surface area contributed by atoms with Gasteiger partial charge in [-0.2, -0.15) is 0 Å². The molecule has 0 radical (unpaired) electrons. The Hall–Kier alpha value is -3.68. The summed E-state index contributed by atoms with van der Waals surface area (Å²) in [6.07, 6.45) is 2.10. The smallest absolute Gasteiger partial charge is 0.226 e. The number of thiocarbonyl (C=S) groups is 1. The van der Waals surface area contributed by atoms with E-state index in [0.29, 0.717) is 23.1 Å². The molecule has 2 aromatic carbocycles. The second-order valence-corrected chi connectivity index (χ2v) is 10.4. The molecule has 194 valence electrons. The van der Waals surface area contributed by atoms with Crippen molar-refractivity contribution < 1.29 is 4.79 Å². The first-order chi connectivity index (χ1) is 18.3. The van der Waals surface area contributed by atoms with E-state index >= 15 is 0 Å². The highest BCUT2D eigenvalue weighted by Crippen LogP contribution is 2.41. The van der Waals surface area contributed by atoms with Crippen LogP contribution in [0.15, 0.2) is 79.0 Å². The van der Waals surface area contributed by atoms with Gasteiger partial charge in [0.25, 0.3) is 0 Å². The van der Waals surface area contributed by atoms with Gasteiger partial charge in [-0.25, -0.2) is 0 Å². The van der Waals surface area contributed by atoms with Crippen molar-refractivity contribution in [1.82, 2.24) is 19.8 Å². The van der Waals surface area contributed by atoms with Gasteiger partial charge in [-0.05, 0) is 86.6 Å². The minimum Gasteiger partial charge on any atom is -0.352 e. The van der Waals surface area contributed by atoms with Gasteiger partial charge in [-0.1, -0.05) is 41.9 Å². The van der Waals surface area contributed by atoms with Gasteiger partial charge in [0.1, 0.15) is 0 Å². The van der Waals surface area contributed by atoms with Crippen molar-refractivity contribution in [1.29, 1.82) is 0 Å². The van der Waals surface area contributed by atoms with E-state index in [0.717, 1.165) is 39.6 Å². The number of halogens is 1. The average Bonchev–Trinajstić information content (AvgIpc) is 3.39. The summed E-state index contributed by atoms with van der Waals surface area (Å²) < 4.78 is 2.21. The topological polar surface area (TPSA) is 62.2 Å². The maximum absolute atomic E-state index is 12.9. The van der Waals surface area contributed by atoms with E-state index in [1.807, 2.05) is 67.6 Å². The number of nitrogens with zero attached hydrogens (tertiary/aromatic N) is 3. The number of rotatable bonds is 7. The van der Waals surface area contributed by atoms with Crippen LogP contribution < -0.4 is 10.6 Å². The molecule has 2 aromatic heterocycles. The van der Waals surface area contributed by atoms with E-state index in [2.05, 4.69) is 51.1 Å². The first-order valence-electron chi connectivity index (χ1n) is 12.6. The molecule has 8 heteroatoms. The van der Waals surface area contributed by atoms with Gasteiger partial charge in [-0.15, -0.1) is 0 Å². The summed E-state index contributed by atoms with van der Waals surface area (Å²) in [5.74, 6) is -0.0495. The summed E-state index contributed by atoms with van der Waals surface area (Å²) in [6.45, 7) is 6.66. The number of pyridine rings is 1. The molecule has 2 atom stereocenters. The van der Waals surface area contributed by atoms with Gasteiger partial charge in [0.2, 0.25) is 5.91 Å². The number of aryl methyl sites for hydroxylation is 2. The van der Waals surface area contributed by atoms with Crippen molar-refractivity contribution in [3.8, 4) is 5.69 Å². The van der Waals surface area contributed by atoms with Crippen LogP contribution in [0.25, 0.3) is 5.69 Å². The normalized spacial score (nSPS) is 16.9. The number of hydrogen-bond acceptors (Lipinski definition) is 3. The zero-order valence-electron chi connectivity index (χ0n) is 21.6. The number of amides is 1. The second kappa shape index (κ2) is 11.0. The Morgan fingerprint density at radius 1 is 1.05 bits per heavy atom. The molecule has 1 saturated heterocycles. The maximum atomic E-state index is 12.9. The summed E-state index contributed by atoms with van der Waals surface area (Å²) in [5, 5.41) is 7.83. The third kappa shape index (κ3) is 5.17. The SMILES string of the molecule is Cc1ccccc1NC(=O)CCN1C(=S)N[C@@H](c2ccccn2)[C@@H]1c1cc(C)n(-c2cccc(Cl)c2)c1C. The molecule has 1 aliphatic rings. The quantitative estimate of drug-likeness (QED) is 0.262. The standard InChI is InChI=1S/C30H30ClN5OS/c1-19-9-4-5-12-25(19)33-27(37)14-16-35-29(28(34-30(35)38)26-13-6-7-15-32-26)24-17-20(2)36(21(24)3)23-11-8-10-22(31)18-23/h4-13,15,17-18,28-29H,14,16H2,1-3H3,(H,33,37)(H,34,38)/t28-,29-/m0/s1. The molecule has 0 aliphatic carbocycles. The lowest BCUT2D eigenvalue weighted by Gasteiger charge is -2.28. The van der Waals surface area contributed by atoms with Crippen molar-refractivity contribution >= 4 is 40.5 Å². The highest BCUT2D eigenvalue weighted by atomic mass is 35.5. The van der Waals surface area contributed by atoms with Crippen molar-refractivity contribution in [2.75, 3.05) is 11.9 Å². The first-order valence-corrected chi connectivity index (χ1v) is 13.4. The molecule has 6 nitrogen and oxygen atoms in total. The summed E-state index contributed by atoms with van der Waals surface area (Å²) >= 11 is 12.1. The van der Waals surface area contributed by atoms with Crippen LogP contribution in [-0.2, 0) is 4.79 Å². The molecule has 0 saturated carbocycles. The van der Waals surface area contributed by atoms with Crippen LogP contribution in [0, 0.1) is 20.8 Å². The van der Waals surface area contributed by atoms with E-state index in [9.17, 15) is 4.79 Å². The molecule has 1 aliphatic heterocycles. The number of para-hydroxylation sites is 1. The largest absolute Gasteiger partial charge is 0.352 e. The highest BCUT2D eigenvalue weighted by Gasteiger charge is 2.41. The number of anilines is 1. The molecular weight excluding hydrogens is 514 g/mol. The molecule has 1 amide bonds. The second-order valence-electron chi connectivity index (χ2n) is 9.57. The third-order valence-electron chi connectivity index (χ3n) is 7.05. The monoisotopic (exact) mass is 543 g/mol. The zero-order chi connectivity index (χ0) is 26.8. The van der Waals surface area contributed by atoms with Crippen molar-refractivity contribution in [2.45, 2.75) is 39.3 Å². The molecule has 0 bridgehead atoms. The number of benzene rings is 2. The van der Waals surface area contributed by atoms with Gasteiger partial charge in [0.05, 0.1) is 17.8 Å². The Morgan fingerprint density at radius 2 is 1.84 bits per heavy atom. The third-order valence-corrected chi connectivity index (χ3v) is 7.64. The fourth-order valence-electron chi connectivity index (χ4n) is 5.23. The molecule has 38 heavy (non-hydrogen) atoms. The Kier molecular flexibility index (Phi) is 7.49. The molecule has 1 fully saturated rings. The van der Waals surface area contributed by atoms with Gasteiger partial charge in [0.15, 0.2) is 5.11 Å². The fraction of sp³-hybridized carbons (Fsp3) is 0.233. The van der Waals surface area contributed by atoms with Crippen LogP contribution >= 0.6 is 23.8 Å². The lowest BCUT2D eigenvalue weighted by Crippen LogP contribution is -2.33. The van der Waals surface area contributed by atoms with Crippen LogP contribution in [0.5, 0.6) is 0 Å². The Balaban J connectivity index is 1.48. The van der Waals surface area contributed by atoms with Crippen molar-refractivity contribution in [2.24, 2.45) is 0 Å².